The van der Waals surface area contributed by atoms with Crippen molar-refractivity contribution in [2.45, 2.75) is 5.92 Å². The van der Waals surface area contributed by atoms with E-state index in [0.717, 1.165) is 10.4 Å². The first-order valence-electron chi connectivity index (χ1n) is 6.08. The molecule has 3 rings (SSSR count). The van der Waals surface area contributed by atoms with Gasteiger partial charge in [-0.3, -0.25) is 9.59 Å². The van der Waals surface area contributed by atoms with Crippen molar-refractivity contribution in [1.29, 1.82) is 0 Å². The van der Waals surface area contributed by atoms with Crippen molar-refractivity contribution >= 4 is 34.7 Å². The van der Waals surface area contributed by atoms with Crippen LogP contribution in [0.25, 0.3) is 0 Å². The van der Waals surface area contributed by atoms with Crippen molar-refractivity contribution in [3.05, 3.63) is 56.7 Å². The lowest BCUT2D eigenvalue weighted by Crippen LogP contribution is -2.26. The normalized spacial score (nSPS) is 20.8. The molecule has 5 heteroatoms. The van der Waals surface area contributed by atoms with E-state index in [-0.39, 0.29) is 11.7 Å². The molecular weight excluding hydrogens is 296 g/mol. The zero-order valence-corrected chi connectivity index (χ0v) is 12.2. The van der Waals surface area contributed by atoms with Crippen molar-refractivity contribution in [2.24, 2.45) is 5.92 Å². The van der Waals surface area contributed by atoms with Crippen LogP contribution in [0.5, 0.6) is 0 Å². The number of carbonyl (C=O) groups is 2. The zero-order chi connectivity index (χ0) is 14.3. The van der Waals surface area contributed by atoms with Gasteiger partial charge in [-0.2, -0.15) is 0 Å². The molecule has 1 aromatic heterocycles. The molecule has 2 atom stereocenters. The second kappa shape index (κ2) is 5.04. The van der Waals surface area contributed by atoms with Gasteiger partial charge >= 0.3 is 5.97 Å². The number of methoxy groups -OCH3 is 1. The van der Waals surface area contributed by atoms with Crippen LogP contribution in [-0.4, -0.2) is 18.9 Å². The first-order chi connectivity index (χ1) is 9.63. The van der Waals surface area contributed by atoms with Gasteiger partial charge in [-0.15, -0.1) is 11.3 Å². The maximum Gasteiger partial charge on any atom is 0.317 e. The molecule has 1 heterocycles. The summed E-state index contributed by atoms with van der Waals surface area (Å²) in [6, 6.07) is 9.01. The fourth-order valence-corrected chi connectivity index (χ4v) is 3.81. The van der Waals surface area contributed by atoms with Crippen LogP contribution in [0.4, 0.5) is 0 Å². The zero-order valence-electron chi connectivity index (χ0n) is 10.6. The molecule has 0 fully saturated rings. The van der Waals surface area contributed by atoms with Crippen LogP contribution in [0.3, 0.4) is 0 Å². The maximum atomic E-state index is 12.4. The molecule has 1 aliphatic rings. The Morgan fingerprint density at radius 2 is 1.95 bits per heavy atom. The highest BCUT2D eigenvalue weighted by Crippen LogP contribution is 2.45. The van der Waals surface area contributed by atoms with E-state index in [4.69, 9.17) is 16.3 Å². The molecule has 0 saturated heterocycles. The van der Waals surface area contributed by atoms with E-state index in [1.807, 2.05) is 17.5 Å². The minimum atomic E-state index is -0.788. The number of hydrogen-bond donors (Lipinski definition) is 0. The van der Waals surface area contributed by atoms with E-state index in [1.165, 1.54) is 18.4 Å². The Bertz CT molecular complexity index is 675. The number of Topliss-reactive ketones (excluding diaryl/α,β-unsaturated/α-hetero) is 1. The molecule has 0 radical (unpaired) electrons. The van der Waals surface area contributed by atoms with Crippen LogP contribution in [0.2, 0.25) is 5.02 Å². The predicted octanol–water partition coefficient (Wildman–Crippen LogP) is 3.52. The van der Waals surface area contributed by atoms with E-state index < -0.39 is 11.9 Å². The number of thiophene rings is 1. The maximum absolute atomic E-state index is 12.4. The molecule has 0 bridgehead atoms. The van der Waals surface area contributed by atoms with Gasteiger partial charge in [0.2, 0.25) is 0 Å². The van der Waals surface area contributed by atoms with E-state index >= 15 is 0 Å². The summed E-state index contributed by atoms with van der Waals surface area (Å²) in [7, 11) is 1.31. The highest BCUT2D eigenvalue weighted by Gasteiger charge is 2.46. The van der Waals surface area contributed by atoms with Gasteiger partial charge in [-0.05, 0) is 29.1 Å². The molecule has 20 heavy (non-hydrogen) atoms. The number of benzene rings is 1. The summed E-state index contributed by atoms with van der Waals surface area (Å²) in [6.45, 7) is 0. The Labute approximate surface area is 125 Å². The monoisotopic (exact) mass is 306 g/mol. The fourth-order valence-electron chi connectivity index (χ4n) is 2.62. The van der Waals surface area contributed by atoms with Crippen molar-refractivity contribution in [3.8, 4) is 0 Å². The molecule has 2 aromatic rings. The number of fused-ring (bicyclic) bond motifs is 1. The summed E-state index contributed by atoms with van der Waals surface area (Å²) in [4.78, 5) is 25.3. The van der Waals surface area contributed by atoms with E-state index in [2.05, 4.69) is 0 Å². The molecule has 0 spiro atoms. The van der Waals surface area contributed by atoms with Gasteiger partial charge in [-0.1, -0.05) is 23.7 Å². The summed E-state index contributed by atoms with van der Waals surface area (Å²) >= 11 is 7.39. The summed E-state index contributed by atoms with van der Waals surface area (Å²) in [5.74, 6) is -1.71. The van der Waals surface area contributed by atoms with Gasteiger partial charge in [0.25, 0.3) is 0 Å². The number of halogens is 1. The number of esters is 1. The topological polar surface area (TPSA) is 43.4 Å². The first-order valence-corrected chi connectivity index (χ1v) is 7.34. The van der Waals surface area contributed by atoms with Gasteiger partial charge < -0.3 is 4.74 Å². The lowest BCUT2D eigenvalue weighted by atomic mass is 9.88. The van der Waals surface area contributed by atoms with Crippen molar-refractivity contribution in [3.63, 3.8) is 0 Å². The highest BCUT2D eigenvalue weighted by atomic mass is 35.5. The number of ether oxygens (including phenoxy) is 1. The molecule has 0 N–H and O–H groups in total. The van der Waals surface area contributed by atoms with E-state index in [1.54, 1.807) is 18.2 Å². The van der Waals surface area contributed by atoms with Crippen molar-refractivity contribution in [2.75, 3.05) is 7.11 Å². The summed E-state index contributed by atoms with van der Waals surface area (Å²) in [6.07, 6.45) is 0. The highest BCUT2D eigenvalue weighted by molar-refractivity contribution is 7.10. The fraction of sp³-hybridized carbons (Fsp3) is 0.200. The summed E-state index contributed by atoms with van der Waals surface area (Å²) in [5, 5.41) is 2.50. The Kier molecular flexibility index (Phi) is 3.36. The molecule has 0 unspecified atom stereocenters. The Morgan fingerprint density at radius 1 is 1.25 bits per heavy atom. The van der Waals surface area contributed by atoms with Crippen LogP contribution in [0.1, 0.15) is 26.7 Å². The smallest absolute Gasteiger partial charge is 0.317 e. The van der Waals surface area contributed by atoms with Gasteiger partial charge in [0.05, 0.1) is 7.11 Å². The molecule has 3 nitrogen and oxygen atoms in total. The number of carbonyl (C=O) groups excluding carboxylic acids is 2. The number of hydrogen-bond acceptors (Lipinski definition) is 4. The third kappa shape index (κ3) is 1.96. The van der Waals surface area contributed by atoms with Crippen molar-refractivity contribution < 1.29 is 14.3 Å². The second-order valence-electron chi connectivity index (χ2n) is 4.59. The van der Waals surface area contributed by atoms with Gasteiger partial charge in [0, 0.05) is 21.4 Å². The molecule has 0 aliphatic heterocycles. The van der Waals surface area contributed by atoms with Gasteiger partial charge in [0.15, 0.2) is 5.78 Å². The van der Waals surface area contributed by atoms with Crippen LogP contribution < -0.4 is 0 Å². The Hall–Kier alpha value is -1.65. The van der Waals surface area contributed by atoms with Crippen LogP contribution in [-0.2, 0) is 9.53 Å². The molecule has 1 aromatic carbocycles. The largest absolute Gasteiger partial charge is 0.468 e. The van der Waals surface area contributed by atoms with Crippen LogP contribution in [0.15, 0.2) is 35.7 Å². The molecule has 0 saturated carbocycles. The minimum absolute atomic E-state index is 0.159. The summed E-state index contributed by atoms with van der Waals surface area (Å²) < 4.78 is 4.80. The lowest BCUT2D eigenvalue weighted by Gasteiger charge is -2.17. The molecule has 0 amide bonds. The van der Waals surface area contributed by atoms with Crippen LogP contribution in [0, 0.1) is 5.92 Å². The Morgan fingerprint density at radius 3 is 2.60 bits per heavy atom. The third-order valence-electron chi connectivity index (χ3n) is 3.54. The number of rotatable bonds is 2. The minimum Gasteiger partial charge on any atom is -0.468 e. The lowest BCUT2D eigenvalue weighted by molar-refractivity contribution is -0.143. The predicted molar refractivity (Wildman–Crippen MR) is 77.5 cm³/mol. The third-order valence-corrected chi connectivity index (χ3v) is 4.80. The van der Waals surface area contributed by atoms with E-state index in [0.29, 0.717) is 10.6 Å². The quantitative estimate of drug-likeness (QED) is 0.630. The molecule has 102 valence electrons. The Balaban J connectivity index is 2.12. The average Bonchev–Trinajstić information content (AvgIpc) is 3.02. The van der Waals surface area contributed by atoms with Crippen LogP contribution >= 0.6 is 22.9 Å². The van der Waals surface area contributed by atoms with Gasteiger partial charge in [-0.25, -0.2) is 0 Å². The first kappa shape index (κ1) is 13.3. The summed E-state index contributed by atoms with van der Waals surface area (Å²) in [5.41, 5.74) is 1.53. The number of ketones is 1. The average molecular weight is 307 g/mol. The van der Waals surface area contributed by atoms with Crippen molar-refractivity contribution in [1.82, 2.24) is 0 Å². The molecular formula is C15H11ClO3S. The van der Waals surface area contributed by atoms with Gasteiger partial charge in [0.1, 0.15) is 5.92 Å². The van der Waals surface area contributed by atoms with E-state index in [9.17, 15) is 9.59 Å². The second-order valence-corrected chi connectivity index (χ2v) is 5.98. The SMILES string of the molecule is COC(=O)[C@@H]1C(=O)c2ccsc2[C@H]1c1ccc(Cl)cc1. The standard InChI is InChI=1S/C15H11ClO3S/c1-19-15(18)12-11(8-2-4-9(16)5-3-8)14-10(13(12)17)6-7-20-14/h2-7,11-12H,1H3/t11-,12-/m0/s1. The molecule has 1 aliphatic carbocycles.